The maximum absolute atomic E-state index is 13.8. The second kappa shape index (κ2) is 12.3. The molecule has 6 nitrogen and oxygen atoms in total. The first kappa shape index (κ1) is 26.7. The van der Waals surface area contributed by atoms with Gasteiger partial charge in [-0.2, -0.15) is 0 Å². The third-order valence-corrected chi connectivity index (χ3v) is 8.44. The fraction of sp³-hybridized carbons (Fsp3) is 0.379. The molecule has 2 aliphatic heterocycles. The zero-order valence-electron chi connectivity index (χ0n) is 21.2. The zero-order chi connectivity index (χ0) is 26.5. The Hall–Kier alpha value is -2.94. The van der Waals surface area contributed by atoms with Crippen LogP contribution in [0.25, 0.3) is 0 Å². The van der Waals surface area contributed by atoms with E-state index in [4.69, 9.17) is 16.3 Å². The van der Waals surface area contributed by atoms with Crippen LogP contribution >= 0.6 is 22.9 Å². The Balaban J connectivity index is 1.33. The number of thiophene rings is 1. The Kier molecular flexibility index (Phi) is 8.61. The number of ether oxygens (including phenoxy) is 1. The van der Waals surface area contributed by atoms with E-state index in [1.54, 1.807) is 52.6 Å². The van der Waals surface area contributed by atoms with Crippen LogP contribution < -0.4 is 4.74 Å². The summed E-state index contributed by atoms with van der Waals surface area (Å²) in [7, 11) is 0. The molecule has 38 heavy (non-hydrogen) atoms. The number of carbonyl (C=O) groups is 2. The highest BCUT2D eigenvalue weighted by Gasteiger charge is 2.34. The van der Waals surface area contributed by atoms with Gasteiger partial charge in [-0.25, -0.2) is 4.39 Å². The van der Waals surface area contributed by atoms with Crippen molar-refractivity contribution in [3.8, 4) is 5.75 Å². The average Bonchev–Trinajstić information content (AvgIpc) is 3.62. The van der Waals surface area contributed by atoms with Crippen LogP contribution in [0.15, 0.2) is 60.0 Å². The lowest BCUT2D eigenvalue weighted by atomic mass is 10.0. The third kappa shape index (κ3) is 6.37. The topological polar surface area (TPSA) is 53.1 Å². The molecule has 0 unspecified atom stereocenters. The summed E-state index contributed by atoms with van der Waals surface area (Å²) in [6, 6.07) is 14.5. The van der Waals surface area contributed by atoms with Gasteiger partial charge in [0.05, 0.1) is 6.04 Å². The van der Waals surface area contributed by atoms with Crippen LogP contribution in [-0.4, -0.2) is 72.4 Å². The fourth-order valence-corrected chi connectivity index (χ4v) is 6.28. The number of halogens is 2. The molecule has 3 aromatic rings. The minimum absolute atomic E-state index is 0.0221. The Morgan fingerprint density at radius 3 is 2.63 bits per heavy atom. The van der Waals surface area contributed by atoms with E-state index in [1.807, 2.05) is 16.3 Å². The minimum Gasteiger partial charge on any atom is -0.491 e. The van der Waals surface area contributed by atoms with Crippen molar-refractivity contribution in [3.05, 3.63) is 86.8 Å². The lowest BCUT2D eigenvalue weighted by molar-refractivity contribution is -0.135. The number of likely N-dealkylation sites (tertiary alicyclic amines) is 1. The molecule has 200 valence electrons. The molecule has 1 saturated heterocycles. The third-order valence-electron chi connectivity index (χ3n) is 7.21. The lowest BCUT2D eigenvalue weighted by Crippen LogP contribution is -2.49. The number of nitrogens with zero attached hydrogens (tertiary/aromatic N) is 3. The molecule has 2 amide bonds. The Labute approximate surface area is 231 Å². The largest absolute Gasteiger partial charge is 0.491 e. The quantitative estimate of drug-likeness (QED) is 0.360. The van der Waals surface area contributed by atoms with Gasteiger partial charge >= 0.3 is 0 Å². The number of rotatable bonds is 9. The number of hydrogen-bond donors (Lipinski definition) is 0. The molecule has 0 radical (unpaired) electrons. The Bertz CT molecular complexity index is 1260. The standard InChI is InChI=1S/C29H31ClFN3O3S/c30-22-5-3-4-21(18-22)29(36)33(16-15-32-12-1-2-13-32)19-28(35)34-14-10-27-25(11-17-38-27)26(34)20-37-24-8-6-23(31)7-9-24/h3-9,11,17-18,26H,1-2,10,12-16,19-20H2/t26-/m0/s1. The van der Waals surface area contributed by atoms with Crippen molar-refractivity contribution in [1.29, 1.82) is 0 Å². The van der Waals surface area contributed by atoms with Crippen LogP contribution in [0, 0.1) is 5.82 Å². The summed E-state index contributed by atoms with van der Waals surface area (Å²) < 4.78 is 19.3. The van der Waals surface area contributed by atoms with Gasteiger partial charge in [-0.1, -0.05) is 17.7 Å². The van der Waals surface area contributed by atoms with Gasteiger partial charge < -0.3 is 19.4 Å². The zero-order valence-corrected chi connectivity index (χ0v) is 22.7. The van der Waals surface area contributed by atoms with Crippen LogP contribution in [0.3, 0.4) is 0 Å². The molecule has 1 atom stereocenters. The molecular weight excluding hydrogens is 525 g/mol. The first-order valence-electron chi connectivity index (χ1n) is 13.0. The molecule has 2 aromatic carbocycles. The fourth-order valence-electron chi connectivity index (χ4n) is 5.16. The smallest absolute Gasteiger partial charge is 0.254 e. The molecule has 2 aliphatic rings. The molecule has 0 saturated carbocycles. The lowest BCUT2D eigenvalue weighted by Gasteiger charge is -2.37. The molecule has 0 spiro atoms. The van der Waals surface area contributed by atoms with Crippen molar-refractivity contribution in [2.75, 3.05) is 45.9 Å². The van der Waals surface area contributed by atoms with Crippen molar-refractivity contribution >= 4 is 34.8 Å². The number of amides is 2. The molecule has 3 heterocycles. The van der Waals surface area contributed by atoms with Gasteiger partial charge in [0, 0.05) is 35.1 Å². The van der Waals surface area contributed by atoms with Crippen LogP contribution in [0.2, 0.25) is 5.02 Å². The summed E-state index contributed by atoms with van der Waals surface area (Å²) >= 11 is 7.84. The maximum Gasteiger partial charge on any atom is 0.254 e. The Morgan fingerprint density at radius 2 is 1.87 bits per heavy atom. The first-order chi connectivity index (χ1) is 18.5. The minimum atomic E-state index is -0.328. The number of hydrogen-bond acceptors (Lipinski definition) is 5. The van der Waals surface area contributed by atoms with Crippen LogP contribution in [0.4, 0.5) is 4.39 Å². The summed E-state index contributed by atoms with van der Waals surface area (Å²) in [6.07, 6.45) is 3.09. The molecule has 1 fully saturated rings. The molecule has 5 rings (SSSR count). The molecular formula is C29H31ClFN3O3S. The normalized spacial score (nSPS) is 17.3. The van der Waals surface area contributed by atoms with Gasteiger partial charge in [0.1, 0.15) is 24.7 Å². The van der Waals surface area contributed by atoms with E-state index in [0.29, 0.717) is 29.4 Å². The van der Waals surface area contributed by atoms with E-state index in [-0.39, 0.29) is 36.8 Å². The highest BCUT2D eigenvalue weighted by Crippen LogP contribution is 2.34. The van der Waals surface area contributed by atoms with Gasteiger partial charge in [0.2, 0.25) is 5.91 Å². The monoisotopic (exact) mass is 555 g/mol. The van der Waals surface area contributed by atoms with Crippen LogP contribution in [-0.2, 0) is 11.2 Å². The van der Waals surface area contributed by atoms with E-state index < -0.39 is 0 Å². The van der Waals surface area contributed by atoms with Gasteiger partial charge in [-0.15, -0.1) is 11.3 Å². The molecule has 0 bridgehead atoms. The maximum atomic E-state index is 13.8. The first-order valence-corrected chi connectivity index (χ1v) is 14.2. The van der Waals surface area contributed by atoms with Gasteiger partial charge in [0.15, 0.2) is 0 Å². The van der Waals surface area contributed by atoms with E-state index >= 15 is 0 Å². The SMILES string of the molecule is O=C(c1cccc(Cl)c1)N(CCN1CCCC1)CC(=O)N1CCc2sccc2[C@@H]1COc1ccc(F)cc1. The second-order valence-electron chi connectivity index (χ2n) is 9.70. The van der Waals surface area contributed by atoms with Crippen molar-refractivity contribution in [1.82, 2.24) is 14.7 Å². The van der Waals surface area contributed by atoms with Gasteiger partial charge in [-0.05, 0) is 91.8 Å². The van der Waals surface area contributed by atoms with Crippen LogP contribution in [0.1, 0.15) is 39.7 Å². The van der Waals surface area contributed by atoms with Crippen LogP contribution in [0.5, 0.6) is 5.75 Å². The summed E-state index contributed by atoms with van der Waals surface area (Å²) in [4.78, 5) is 34.4. The summed E-state index contributed by atoms with van der Waals surface area (Å²) in [6.45, 7) is 4.00. The van der Waals surface area contributed by atoms with E-state index in [9.17, 15) is 14.0 Å². The Morgan fingerprint density at radius 1 is 1.08 bits per heavy atom. The van der Waals surface area contributed by atoms with Gasteiger partial charge in [-0.3, -0.25) is 9.59 Å². The predicted molar refractivity (Wildman–Crippen MR) is 147 cm³/mol. The molecule has 9 heteroatoms. The average molecular weight is 556 g/mol. The highest BCUT2D eigenvalue weighted by atomic mass is 35.5. The molecule has 0 N–H and O–H groups in total. The highest BCUT2D eigenvalue weighted by molar-refractivity contribution is 7.10. The van der Waals surface area contributed by atoms with Crippen molar-refractivity contribution in [2.45, 2.75) is 25.3 Å². The van der Waals surface area contributed by atoms with Crippen molar-refractivity contribution in [2.24, 2.45) is 0 Å². The number of benzene rings is 2. The number of carbonyl (C=O) groups excluding carboxylic acids is 2. The second-order valence-corrected chi connectivity index (χ2v) is 11.1. The van der Waals surface area contributed by atoms with Crippen molar-refractivity contribution < 1.29 is 18.7 Å². The molecule has 0 aliphatic carbocycles. The number of fused-ring (bicyclic) bond motifs is 1. The summed E-state index contributed by atoms with van der Waals surface area (Å²) in [5, 5.41) is 2.52. The predicted octanol–water partition coefficient (Wildman–Crippen LogP) is 5.28. The van der Waals surface area contributed by atoms with Crippen molar-refractivity contribution in [3.63, 3.8) is 0 Å². The summed E-state index contributed by atoms with van der Waals surface area (Å²) in [5.41, 5.74) is 1.54. The van der Waals surface area contributed by atoms with E-state index in [2.05, 4.69) is 4.90 Å². The van der Waals surface area contributed by atoms with E-state index in [0.717, 1.165) is 44.5 Å². The van der Waals surface area contributed by atoms with Gasteiger partial charge in [0.25, 0.3) is 5.91 Å². The summed E-state index contributed by atoms with van der Waals surface area (Å²) in [5.74, 6) is -0.103. The molecule has 1 aromatic heterocycles. The van der Waals surface area contributed by atoms with E-state index in [1.165, 1.54) is 17.0 Å².